The van der Waals surface area contributed by atoms with Crippen LogP contribution in [0.3, 0.4) is 0 Å². The Hall–Kier alpha value is -3.10. The molecule has 1 aliphatic heterocycles. The third kappa shape index (κ3) is 5.97. The van der Waals surface area contributed by atoms with Crippen molar-refractivity contribution in [2.45, 2.75) is 70.2 Å². The zero-order chi connectivity index (χ0) is 27.1. The van der Waals surface area contributed by atoms with E-state index in [-0.39, 0.29) is 11.6 Å². The summed E-state index contributed by atoms with van der Waals surface area (Å²) < 4.78 is 7.57. The van der Waals surface area contributed by atoms with Crippen LogP contribution in [0.25, 0.3) is 5.65 Å². The fourth-order valence-corrected chi connectivity index (χ4v) is 5.41. The fraction of sp³-hybridized carbons (Fsp3) is 0.533. The average molecular weight is 519 g/mol. The van der Waals surface area contributed by atoms with Crippen LogP contribution in [-0.4, -0.2) is 70.1 Å². The Morgan fingerprint density at radius 3 is 2.55 bits per heavy atom. The molecule has 0 bridgehead atoms. The molecule has 0 radical (unpaired) electrons. The van der Waals surface area contributed by atoms with Gasteiger partial charge in [0.15, 0.2) is 5.65 Å². The highest BCUT2D eigenvalue weighted by molar-refractivity contribution is 5.71. The second kappa shape index (κ2) is 10.2. The first kappa shape index (κ1) is 26.5. The lowest BCUT2D eigenvalue weighted by Gasteiger charge is -2.54. The smallest absolute Gasteiger partial charge is 0.408 e. The van der Waals surface area contributed by atoms with Crippen molar-refractivity contribution in [2.24, 2.45) is 0 Å². The van der Waals surface area contributed by atoms with Crippen molar-refractivity contribution in [3.63, 3.8) is 0 Å². The molecule has 1 saturated carbocycles. The molecule has 1 aliphatic carbocycles. The maximum atomic E-state index is 12.4. The highest BCUT2D eigenvalue weighted by Gasteiger charge is 2.44. The first-order chi connectivity index (χ1) is 18.0. The number of hydrogen-bond acceptors (Lipinski definition) is 6. The number of fused-ring (bicyclic) bond motifs is 1. The Bertz CT molecular complexity index is 1270. The van der Waals surface area contributed by atoms with Crippen molar-refractivity contribution < 1.29 is 9.53 Å². The van der Waals surface area contributed by atoms with Crippen molar-refractivity contribution in [1.82, 2.24) is 24.5 Å². The van der Waals surface area contributed by atoms with Crippen molar-refractivity contribution in [2.75, 3.05) is 39.0 Å². The Labute approximate surface area is 226 Å². The molecule has 1 saturated heterocycles. The van der Waals surface area contributed by atoms with E-state index in [2.05, 4.69) is 81.5 Å². The summed E-state index contributed by atoms with van der Waals surface area (Å²) in [6, 6.07) is 12.7. The number of carbonyl (C=O) groups is 1. The number of benzene rings is 1. The number of pyridine rings is 1. The van der Waals surface area contributed by atoms with Crippen LogP contribution >= 0.6 is 0 Å². The van der Waals surface area contributed by atoms with E-state index < -0.39 is 11.7 Å². The van der Waals surface area contributed by atoms with E-state index in [9.17, 15) is 4.79 Å². The monoisotopic (exact) mass is 518 g/mol. The Kier molecular flexibility index (Phi) is 7.13. The van der Waals surface area contributed by atoms with Gasteiger partial charge in [-0.05, 0) is 77.7 Å². The van der Waals surface area contributed by atoms with Crippen LogP contribution < -0.4 is 10.6 Å². The molecule has 2 aliphatic rings. The van der Waals surface area contributed by atoms with E-state index in [0.29, 0.717) is 5.92 Å². The normalized spacial score (nSPS) is 18.3. The average Bonchev–Trinajstić information content (AvgIpc) is 3.58. The number of likely N-dealkylation sites (tertiary alicyclic amines) is 1. The topological polar surface area (TPSA) is 74.1 Å². The molecule has 8 heteroatoms. The number of anilines is 1. The first-order valence-corrected chi connectivity index (χ1v) is 13.7. The molecular formula is C30H42N6O2. The van der Waals surface area contributed by atoms with Crippen LogP contribution in [0.2, 0.25) is 0 Å². The standard InChI is InChI=1S/C30H42N6O2/c1-21(32-28(37)38-29(2,3)4)26-17-36-16-24(23-12-13-23)14-25(27(36)33-26)31-18-30(19-34(5)20-30)35(6)15-22-10-8-7-9-11-22/h7-11,14,16-17,21,23,31H,12-13,15,18-20H2,1-6H3,(H,32,37)/t21-/m1/s1. The summed E-state index contributed by atoms with van der Waals surface area (Å²) in [5.74, 6) is 0.618. The predicted molar refractivity (Wildman–Crippen MR) is 152 cm³/mol. The molecule has 1 aromatic carbocycles. The van der Waals surface area contributed by atoms with Crippen LogP contribution in [-0.2, 0) is 11.3 Å². The Morgan fingerprint density at radius 2 is 1.92 bits per heavy atom. The SMILES string of the molecule is C[C@@H](NC(=O)OC(C)(C)C)c1cn2cc(C3CC3)cc(NCC3(N(C)Cc4ccccc4)CN(C)C3)c2n1. The molecule has 204 valence electrons. The molecule has 3 aromatic rings. The molecule has 5 rings (SSSR count). The number of carbonyl (C=O) groups excluding carboxylic acids is 1. The summed E-state index contributed by atoms with van der Waals surface area (Å²) in [6.45, 7) is 11.3. The van der Waals surface area contributed by atoms with Crippen molar-refractivity contribution in [3.8, 4) is 0 Å². The van der Waals surface area contributed by atoms with Crippen LogP contribution in [0.15, 0.2) is 48.8 Å². The lowest BCUT2D eigenvalue weighted by atomic mass is 9.87. The van der Waals surface area contributed by atoms with Gasteiger partial charge in [0.1, 0.15) is 5.60 Å². The molecular weight excluding hydrogens is 476 g/mol. The number of nitrogens with one attached hydrogen (secondary N) is 2. The summed E-state index contributed by atoms with van der Waals surface area (Å²) >= 11 is 0. The molecule has 3 heterocycles. The molecule has 0 spiro atoms. The minimum Gasteiger partial charge on any atom is -0.444 e. The van der Waals surface area contributed by atoms with E-state index in [1.807, 2.05) is 33.9 Å². The van der Waals surface area contributed by atoms with Crippen LogP contribution in [0, 0.1) is 0 Å². The maximum absolute atomic E-state index is 12.4. The first-order valence-electron chi connectivity index (χ1n) is 13.7. The number of hydrogen-bond donors (Lipinski definition) is 2. The van der Waals surface area contributed by atoms with E-state index in [1.54, 1.807) is 0 Å². The Morgan fingerprint density at radius 1 is 1.21 bits per heavy atom. The largest absolute Gasteiger partial charge is 0.444 e. The molecule has 2 N–H and O–H groups in total. The van der Waals surface area contributed by atoms with Gasteiger partial charge in [-0.3, -0.25) is 4.90 Å². The van der Waals surface area contributed by atoms with Crippen molar-refractivity contribution in [3.05, 3.63) is 65.6 Å². The van der Waals surface area contributed by atoms with Crippen LogP contribution in [0.4, 0.5) is 10.5 Å². The molecule has 8 nitrogen and oxygen atoms in total. The lowest BCUT2D eigenvalue weighted by Crippen LogP contribution is -2.70. The highest BCUT2D eigenvalue weighted by atomic mass is 16.6. The number of alkyl carbamates (subject to hydrolysis) is 1. The van der Waals surface area contributed by atoms with Crippen LogP contribution in [0.1, 0.15) is 69.3 Å². The van der Waals surface area contributed by atoms with Gasteiger partial charge in [-0.15, -0.1) is 0 Å². The Balaban J connectivity index is 1.36. The van der Waals surface area contributed by atoms with Gasteiger partial charge in [0, 0.05) is 38.6 Å². The van der Waals surface area contributed by atoms with Crippen molar-refractivity contribution in [1.29, 1.82) is 0 Å². The van der Waals surface area contributed by atoms with Crippen LogP contribution in [0.5, 0.6) is 0 Å². The summed E-state index contributed by atoms with van der Waals surface area (Å²) in [4.78, 5) is 22.2. The second-order valence-corrected chi connectivity index (χ2v) is 12.3. The number of nitrogens with zero attached hydrogens (tertiary/aromatic N) is 4. The molecule has 1 atom stereocenters. The molecule has 2 fully saturated rings. The van der Waals surface area contributed by atoms with E-state index >= 15 is 0 Å². The van der Waals surface area contributed by atoms with E-state index in [0.717, 1.165) is 43.2 Å². The quantitative estimate of drug-likeness (QED) is 0.414. The zero-order valence-electron chi connectivity index (χ0n) is 23.6. The number of ether oxygens (including phenoxy) is 1. The molecule has 38 heavy (non-hydrogen) atoms. The minimum absolute atomic E-state index is 0.0398. The number of imidazole rings is 1. The predicted octanol–water partition coefficient (Wildman–Crippen LogP) is 5.03. The van der Waals surface area contributed by atoms with Gasteiger partial charge < -0.3 is 24.7 Å². The van der Waals surface area contributed by atoms with Gasteiger partial charge >= 0.3 is 6.09 Å². The number of aromatic nitrogens is 2. The highest BCUT2D eigenvalue weighted by Crippen LogP contribution is 2.41. The van der Waals surface area contributed by atoms with Crippen molar-refractivity contribution >= 4 is 17.4 Å². The van der Waals surface area contributed by atoms with Gasteiger partial charge in [0.2, 0.25) is 0 Å². The lowest BCUT2D eigenvalue weighted by molar-refractivity contribution is -0.0221. The zero-order valence-corrected chi connectivity index (χ0v) is 23.6. The van der Waals surface area contributed by atoms with Gasteiger partial charge in [-0.2, -0.15) is 0 Å². The summed E-state index contributed by atoms with van der Waals surface area (Å²) in [7, 11) is 4.41. The van der Waals surface area contributed by atoms with Gasteiger partial charge in [0.25, 0.3) is 0 Å². The molecule has 1 amide bonds. The maximum Gasteiger partial charge on any atom is 0.408 e. The number of likely N-dealkylation sites (N-methyl/N-ethyl adjacent to an activating group) is 2. The third-order valence-corrected chi connectivity index (χ3v) is 7.63. The molecule has 2 aromatic heterocycles. The number of rotatable bonds is 9. The van der Waals surface area contributed by atoms with Gasteiger partial charge in [-0.1, -0.05) is 30.3 Å². The van der Waals surface area contributed by atoms with Gasteiger partial charge in [0.05, 0.1) is 23.0 Å². The third-order valence-electron chi connectivity index (χ3n) is 7.63. The minimum atomic E-state index is -0.543. The summed E-state index contributed by atoms with van der Waals surface area (Å²) in [6.07, 6.45) is 6.26. The summed E-state index contributed by atoms with van der Waals surface area (Å²) in [5.41, 5.74) is 4.91. The molecule has 0 unspecified atom stereocenters. The van der Waals surface area contributed by atoms with Gasteiger partial charge in [-0.25, -0.2) is 9.78 Å². The summed E-state index contributed by atoms with van der Waals surface area (Å²) in [5, 5.41) is 6.73. The number of amides is 1. The van der Waals surface area contributed by atoms with E-state index in [4.69, 9.17) is 9.72 Å². The second-order valence-electron chi connectivity index (χ2n) is 12.3. The fourth-order valence-electron chi connectivity index (χ4n) is 5.41. The van der Waals surface area contributed by atoms with E-state index in [1.165, 1.54) is 24.0 Å².